The second-order valence-corrected chi connectivity index (χ2v) is 4.21. The van der Waals surface area contributed by atoms with Crippen LogP contribution in [0.4, 0.5) is 0 Å². The van der Waals surface area contributed by atoms with E-state index in [1.54, 1.807) is 6.20 Å². The summed E-state index contributed by atoms with van der Waals surface area (Å²) in [5.74, 6) is -0.0201. The van der Waals surface area contributed by atoms with Crippen molar-refractivity contribution in [1.82, 2.24) is 9.88 Å². The summed E-state index contributed by atoms with van der Waals surface area (Å²) in [5, 5.41) is 16.5. The maximum absolute atomic E-state index is 9.02. The van der Waals surface area contributed by atoms with Crippen LogP contribution in [-0.4, -0.2) is 40.0 Å². The Labute approximate surface area is 102 Å². The van der Waals surface area contributed by atoms with Gasteiger partial charge >= 0.3 is 0 Å². The third-order valence-corrected chi connectivity index (χ3v) is 2.64. The number of aliphatic hydroxyl groups is 1. The molecule has 1 aromatic heterocycles. The van der Waals surface area contributed by atoms with Gasteiger partial charge in [0, 0.05) is 25.3 Å². The number of pyridine rings is 1. The van der Waals surface area contributed by atoms with E-state index in [1.807, 2.05) is 12.1 Å². The summed E-state index contributed by atoms with van der Waals surface area (Å²) >= 11 is 0. The molecule has 1 rings (SSSR count). The van der Waals surface area contributed by atoms with E-state index in [9.17, 15) is 0 Å². The van der Waals surface area contributed by atoms with Crippen molar-refractivity contribution < 1.29 is 5.11 Å². The van der Waals surface area contributed by atoms with E-state index in [4.69, 9.17) is 16.2 Å². The van der Waals surface area contributed by atoms with Gasteiger partial charge in [0.1, 0.15) is 11.5 Å². The number of amidine groups is 1. The van der Waals surface area contributed by atoms with Crippen LogP contribution < -0.4 is 5.73 Å². The smallest absolute Gasteiger partial charge is 0.142 e. The van der Waals surface area contributed by atoms with Crippen LogP contribution in [0.25, 0.3) is 0 Å². The third-order valence-electron chi connectivity index (χ3n) is 2.64. The van der Waals surface area contributed by atoms with Gasteiger partial charge in [-0.1, -0.05) is 6.07 Å². The Hall–Kier alpha value is -1.46. The lowest BCUT2D eigenvalue weighted by molar-refractivity contribution is 0.159. The summed E-state index contributed by atoms with van der Waals surface area (Å²) in [6.07, 6.45) is 1.63. The third kappa shape index (κ3) is 3.80. The minimum absolute atomic E-state index is 0.0201. The van der Waals surface area contributed by atoms with Crippen molar-refractivity contribution in [2.24, 2.45) is 5.73 Å². The predicted molar refractivity (Wildman–Crippen MR) is 67.9 cm³/mol. The molecule has 0 amide bonds. The van der Waals surface area contributed by atoms with Gasteiger partial charge in [0.2, 0.25) is 0 Å². The van der Waals surface area contributed by atoms with Gasteiger partial charge in [0.05, 0.1) is 6.61 Å². The fourth-order valence-electron chi connectivity index (χ4n) is 1.68. The SMILES string of the molecule is CC(C)N(CCO)Cc1cccnc1C(=N)N. The van der Waals surface area contributed by atoms with Gasteiger partial charge < -0.3 is 10.8 Å². The van der Waals surface area contributed by atoms with Crippen molar-refractivity contribution in [1.29, 1.82) is 5.41 Å². The van der Waals surface area contributed by atoms with Crippen molar-refractivity contribution >= 4 is 5.84 Å². The second-order valence-electron chi connectivity index (χ2n) is 4.21. The maximum Gasteiger partial charge on any atom is 0.142 e. The number of nitrogens with one attached hydrogen (secondary N) is 1. The summed E-state index contributed by atoms with van der Waals surface area (Å²) in [7, 11) is 0. The van der Waals surface area contributed by atoms with Crippen LogP contribution in [0.1, 0.15) is 25.1 Å². The zero-order valence-corrected chi connectivity index (χ0v) is 10.3. The van der Waals surface area contributed by atoms with E-state index in [2.05, 4.69) is 23.7 Å². The fraction of sp³-hybridized carbons (Fsp3) is 0.500. The van der Waals surface area contributed by atoms with Crippen LogP contribution in [-0.2, 0) is 6.54 Å². The van der Waals surface area contributed by atoms with Crippen molar-refractivity contribution in [3.8, 4) is 0 Å². The molecule has 1 heterocycles. The molecule has 5 nitrogen and oxygen atoms in total. The van der Waals surface area contributed by atoms with E-state index in [-0.39, 0.29) is 12.4 Å². The standard InChI is InChI=1S/C12H20N4O/c1-9(2)16(6-7-17)8-10-4-3-5-15-11(10)12(13)14/h3-5,9,17H,6-8H2,1-2H3,(H3,13,14). The van der Waals surface area contributed by atoms with Crippen LogP contribution >= 0.6 is 0 Å². The minimum atomic E-state index is -0.0201. The molecule has 94 valence electrons. The number of nitrogen functional groups attached to an aromatic ring is 1. The minimum Gasteiger partial charge on any atom is -0.395 e. The molecule has 0 aliphatic rings. The molecule has 0 saturated heterocycles. The Kier molecular flexibility index (Phi) is 5.06. The highest BCUT2D eigenvalue weighted by molar-refractivity contribution is 5.94. The first kappa shape index (κ1) is 13.6. The van der Waals surface area contributed by atoms with Crippen molar-refractivity contribution in [2.45, 2.75) is 26.4 Å². The van der Waals surface area contributed by atoms with Crippen LogP contribution in [0, 0.1) is 5.41 Å². The lowest BCUT2D eigenvalue weighted by Crippen LogP contribution is -2.34. The van der Waals surface area contributed by atoms with E-state index < -0.39 is 0 Å². The number of aliphatic hydroxyl groups excluding tert-OH is 1. The van der Waals surface area contributed by atoms with E-state index in [0.29, 0.717) is 24.8 Å². The molecule has 0 aromatic carbocycles. The fourth-order valence-corrected chi connectivity index (χ4v) is 1.68. The molecule has 0 radical (unpaired) electrons. The predicted octanol–water partition coefficient (Wildman–Crippen LogP) is 0.568. The number of hydrogen-bond donors (Lipinski definition) is 3. The molecule has 5 heteroatoms. The first-order valence-corrected chi connectivity index (χ1v) is 5.69. The van der Waals surface area contributed by atoms with Crippen LogP contribution in [0.5, 0.6) is 0 Å². The Balaban J connectivity index is 2.88. The molecule has 4 N–H and O–H groups in total. The van der Waals surface area contributed by atoms with Gasteiger partial charge in [0.25, 0.3) is 0 Å². The molecule has 0 atom stereocenters. The normalized spacial score (nSPS) is 11.1. The highest BCUT2D eigenvalue weighted by Crippen LogP contribution is 2.10. The lowest BCUT2D eigenvalue weighted by Gasteiger charge is -2.26. The van der Waals surface area contributed by atoms with E-state index >= 15 is 0 Å². The summed E-state index contributed by atoms with van der Waals surface area (Å²) in [6, 6.07) is 4.07. The van der Waals surface area contributed by atoms with Crippen molar-refractivity contribution in [3.05, 3.63) is 29.6 Å². The molecule has 0 saturated carbocycles. The molecule has 0 aliphatic heterocycles. The second kappa shape index (κ2) is 6.32. The number of hydrogen-bond acceptors (Lipinski definition) is 4. The van der Waals surface area contributed by atoms with Gasteiger partial charge in [-0.25, -0.2) is 0 Å². The van der Waals surface area contributed by atoms with E-state index in [0.717, 1.165) is 5.56 Å². The number of nitrogens with two attached hydrogens (primary N) is 1. The largest absolute Gasteiger partial charge is 0.395 e. The zero-order chi connectivity index (χ0) is 12.8. The van der Waals surface area contributed by atoms with Gasteiger partial charge in [0.15, 0.2) is 0 Å². The monoisotopic (exact) mass is 236 g/mol. The molecule has 0 fully saturated rings. The molecular formula is C12H20N4O. The lowest BCUT2D eigenvalue weighted by atomic mass is 10.1. The first-order chi connectivity index (χ1) is 8.06. The Bertz CT molecular complexity index is 379. The maximum atomic E-state index is 9.02. The van der Waals surface area contributed by atoms with Crippen LogP contribution in [0.15, 0.2) is 18.3 Å². The molecule has 0 spiro atoms. The van der Waals surface area contributed by atoms with Crippen molar-refractivity contribution in [3.63, 3.8) is 0 Å². The average molecular weight is 236 g/mol. The molecule has 0 unspecified atom stereocenters. The average Bonchev–Trinajstić information content (AvgIpc) is 2.28. The summed E-state index contributed by atoms with van der Waals surface area (Å²) in [6.45, 7) is 5.50. The Morgan fingerprint density at radius 1 is 1.59 bits per heavy atom. The van der Waals surface area contributed by atoms with Gasteiger partial charge in [-0.3, -0.25) is 15.3 Å². The van der Waals surface area contributed by atoms with Gasteiger partial charge in [-0.15, -0.1) is 0 Å². The molecule has 1 aromatic rings. The Morgan fingerprint density at radius 3 is 2.82 bits per heavy atom. The van der Waals surface area contributed by atoms with Crippen LogP contribution in [0.2, 0.25) is 0 Å². The number of rotatable bonds is 6. The highest BCUT2D eigenvalue weighted by atomic mass is 16.3. The number of nitrogens with zero attached hydrogens (tertiary/aromatic N) is 2. The molecule has 0 bridgehead atoms. The van der Waals surface area contributed by atoms with Crippen LogP contribution in [0.3, 0.4) is 0 Å². The van der Waals surface area contributed by atoms with Crippen molar-refractivity contribution in [2.75, 3.05) is 13.2 Å². The molecular weight excluding hydrogens is 216 g/mol. The van der Waals surface area contributed by atoms with Gasteiger partial charge in [-0.05, 0) is 25.5 Å². The molecule has 17 heavy (non-hydrogen) atoms. The summed E-state index contributed by atoms with van der Waals surface area (Å²) < 4.78 is 0. The molecule has 0 aliphatic carbocycles. The van der Waals surface area contributed by atoms with Gasteiger partial charge in [-0.2, -0.15) is 0 Å². The zero-order valence-electron chi connectivity index (χ0n) is 10.3. The topological polar surface area (TPSA) is 86.2 Å². The summed E-state index contributed by atoms with van der Waals surface area (Å²) in [4.78, 5) is 6.23. The quantitative estimate of drug-likeness (QED) is 0.498. The van der Waals surface area contributed by atoms with E-state index in [1.165, 1.54) is 0 Å². The summed E-state index contributed by atoms with van der Waals surface area (Å²) in [5.41, 5.74) is 6.94. The number of aromatic nitrogens is 1. The Morgan fingerprint density at radius 2 is 2.29 bits per heavy atom. The highest BCUT2D eigenvalue weighted by Gasteiger charge is 2.13. The first-order valence-electron chi connectivity index (χ1n) is 5.69.